The highest BCUT2D eigenvalue weighted by Gasteiger charge is 2.80. The fourth-order valence-corrected chi connectivity index (χ4v) is 6.19. The van der Waals surface area contributed by atoms with Crippen LogP contribution in [0.2, 0.25) is 0 Å². The van der Waals surface area contributed by atoms with E-state index < -0.39 is 0 Å². The van der Waals surface area contributed by atoms with Crippen LogP contribution in [-0.4, -0.2) is 50.5 Å². The minimum atomic E-state index is 0.0414. The number of benzene rings is 2. The SMILES string of the molecule is Cc1ccc(CN2C3CCC4(Nc5ccc6[nH]ncc6c5)CCC324)cc1OCCO. The monoisotopic (exact) mass is 404 g/mol. The number of nitrogens with one attached hydrogen (secondary N) is 2. The maximum atomic E-state index is 9.07. The summed E-state index contributed by atoms with van der Waals surface area (Å²) >= 11 is 0. The maximum Gasteiger partial charge on any atom is 0.122 e. The van der Waals surface area contributed by atoms with Crippen LogP contribution >= 0.6 is 0 Å². The first-order valence-electron chi connectivity index (χ1n) is 11.0. The van der Waals surface area contributed by atoms with Crippen molar-refractivity contribution in [3.8, 4) is 5.75 Å². The molecule has 0 amide bonds. The van der Waals surface area contributed by atoms with E-state index in [1.807, 2.05) is 6.20 Å². The number of anilines is 1. The molecule has 3 aliphatic rings. The molecule has 156 valence electrons. The minimum absolute atomic E-state index is 0.0414. The lowest BCUT2D eigenvalue weighted by Gasteiger charge is -2.50. The molecule has 4 unspecified atom stereocenters. The summed E-state index contributed by atoms with van der Waals surface area (Å²) in [5, 5.41) is 21.4. The van der Waals surface area contributed by atoms with Crippen LogP contribution in [0.15, 0.2) is 42.6 Å². The van der Waals surface area contributed by atoms with Crippen LogP contribution in [0.1, 0.15) is 36.8 Å². The Hall–Kier alpha value is -2.57. The molecule has 30 heavy (non-hydrogen) atoms. The summed E-state index contributed by atoms with van der Waals surface area (Å²) in [5.74, 6) is 0.887. The average molecular weight is 405 g/mol. The van der Waals surface area contributed by atoms with Gasteiger partial charge in [-0.15, -0.1) is 0 Å². The summed E-state index contributed by atoms with van der Waals surface area (Å²) in [6, 6.07) is 13.7. The van der Waals surface area contributed by atoms with E-state index in [0.29, 0.717) is 18.2 Å². The zero-order valence-corrected chi connectivity index (χ0v) is 17.3. The number of ether oxygens (including phenoxy) is 1. The molecule has 2 aromatic carbocycles. The van der Waals surface area contributed by atoms with Crippen LogP contribution in [0, 0.1) is 6.92 Å². The molecule has 2 saturated carbocycles. The van der Waals surface area contributed by atoms with Crippen LogP contribution < -0.4 is 10.1 Å². The summed E-state index contributed by atoms with van der Waals surface area (Å²) in [6.07, 6.45) is 6.92. The highest BCUT2D eigenvalue weighted by Crippen LogP contribution is 2.70. The number of piperidine rings is 1. The molecule has 1 spiro atoms. The summed E-state index contributed by atoms with van der Waals surface area (Å²) in [5.41, 5.74) is 5.18. The van der Waals surface area contributed by atoms with Gasteiger partial charge in [0.05, 0.1) is 29.4 Å². The zero-order valence-electron chi connectivity index (χ0n) is 17.3. The van der Waals surface area contributed by atoms with Gasteiger partial charge < -0.3 is 15.2 Å². The van der Waals surface area contributed by atoms with Gasteiger partial charge in [-0.3, -0.25) is 10.00 Å². The fraction of sp³-hybridized carbons (Fsp3) is 0.458. The van der Waals surface area contributed by atoms with Crippen LogP contribution in [0.25, 0.3) is 10.9 Å². The first kappa shape index (κ1) is 18.2. The second-order valence-corrected chi connectivity index (χ2v) is 9.16. The number of hydrogen-bond donors (Lipinski definition) is 3. The number of aromatic amines is 1. The van der Waals surface area contributed by atoms with E-state index in [9.17, 15) is 0 Å². The van der Waals surface area contributed by atoms with Crippen molar-refractivity contribution in [1.29, 1.82) is 0 Å². The summed E-state index contributed by atoms with van der Waals surface area (Å²) in [4.78, 5) is 2.70. The Morgan fingerprint density at radius 2 is 2.17 bits per heavy atom. The number of hydrogen-bond acceptors (Lipinski definition) is 5. The molecule has 6 rings (SSSR count). The van der Waals surface area contributed by atoms with E-state index in [-0.39, 0.29) is 12.1 Å². The van der Waals surface area contributed by atoms with Gasteiger partial charge in [-0.2, -0.15) is 5.10 Å². The Kier molecular flexibility index (Phi) is 3.92. The number of aryl methyl sites for hydroxylation is 1. The van der Waals surface area contributed by atoms with Crippen molar-refractivity contribution in [2.45, 2.75) is 56.3 Å². The first-order chi connectivity index (χ1) is 14.6. The Morgan fingerprint density at radius 3 is 3.00 bits per heavy atom. The number of aromatic nitrogens is 2. The Morgan fingerprint density at radius 1 is 1.23 bits per heavy atom. The predicted octanol–water partition coefficient (Wildman–Crippen LogP) is 3.60. The van der Waals surface area contributed by atoms with Crippen molar-refractivity contribution in [2.24, 2.45) is 0 Å². The average Bonchev–Trinajstić information content (AvgIpc) is 3.05. The third-order valence-electron chi connectivity index (χ3n) is 7.76. The topological polar surface area (TPSA) is 73.2 Å². The van der Waals surface area contributed by atoms with E-state index in [4.69, 9.17) is 9.84 Å². The summed E-state index contributed by atoms with van der Waals surface area (Å²) < 4.78 is 5.72. The molecular weight excluding hydrogens is 376 g/mol. The lowest BCUT2D eigenvalue weighted by atomic mass is 9.66. The van der Waals surface area contributed by atoms with E-state index in [2.05, 4.69) is 63.7 Å². The van der Waals surface area contributed by atoms with Crippen molar-refractivity contribution < 1.29 is 9.84 Å². The number of aliphatic hydroxyl groups excluding tert-OH is 1. The molecule has 1 aliphatic heterocycles. The smallest absolute Gasteiger partial charge is 0.122 e. The van der Waals surface area contributed by atoms with E-state index in [1.54, 1.807) is 0 Å². The number of aliphatic hydroxyl groups is 1. The lowest BCUT2D eigenvalue weighted by molar-refractivity contribution is 0.135. The van der Waals surface area contributed by atoms with Crippen LogP contribution in [0.4, 0.5) is 5.69 Å². The van der Waals surface area contributed by atoms with Crippen LogP contribution in [0.3, 0.4) is 0 Å². The van der Waals surface area contributed by atoms with Gasteiger partial charge in [0.2, 0.25) is 0 Å². The molecule has 4 atom stereocenters. The normalized spacial score (nSPS) is 31.1. The largest absolute Gasteiger partial charge is 0.491 e. The van der Waals surface area contributed by atoms with Gasteiger partial charge >= 0.3 is 0 Å². The van der Waals surface area contributed by atoms with Crippen molar-refractivity contribution in [3.63, 3.8) is 0 Å². The van der Waals surface area contributed by atoms with Gasteiger partial charge in [-0.1, -0.05) is 12.1 Å². The van der Waals surface area contributed by atoms with Crippen molar-refractivity contribution in [3.05, 3.63) is 53.7 Å². The molecule has 0 radical (unpaired) electrons. The van der Waals surface area contributed by atoms with E-state index in [1.165, 1.54) is 36.9 Å². The first-order valence-corrected chi connectivity index (χ1v) is 11.0. The van der Waals surface area contributed by atoms with Crippen LogP contribution in [-0.2, 0) is 6.54 Å². The molecule has 2 aliphatic carbocycles. The van der Waals surface area contributed by atoms with Crippen molar-refractivity contribution in [2.75, 3.05) is 18.5 Å². The third kappa shape index (κ3) is 2.47. The highest BCUT2D eigenvalue weighted by molar-refractivity contribution is 5.82. The molecule has 3 aromatic rings. The molecule has 0 bridgehead atoms. The highest BCUT2D eigenvalue weighted by atomic mass is 16.5. The quantitative estimate of drug-likeness (QED) is 0.525. The fourth-order valence-electron chi connectivity index (χ4n) is 6.19. The number of nitrogens with zero attached hydrogens (tertiary/aromatic N) is 2. The van der Waals surface area contributed by atoms with Crippen LogP contribution in [0.5, 0.6) is 5.75 Å². The summed E-state index contributed by atoms with van der Waals surface area (Å²) in [7, 11) is 0. The Labute approximate surface area is 176 Å². The van der Waals surface area contributed by atoms with Crippen molar-refractivity contribution in [1.82, 2.24) is 15.1 Å². The van der Waals surface area contributed by atoms with E-state index >= 15 is 0 Å². The predicted molar refractivity (Wildman–Crippen MR) is 117 cm³/mol. The molecule has 3 fully saturated rings. The maximum absolute atomic E-state index is 9.07. The van der Waals surface area contributed by atoms with Crippen molar-refractivity contribution >= 4 is 16.6 Å². The summed E-state index contributed by atoms with van der Waals surface area (Å²) in [6.45, 7) is 3.40. The van der Waals surface area contributed by atoms with Gasteiger partial charge in [0.1, 0.15) is 12.4 Å². The zero-order chi connectivity index (χ0) is 20.3. The van der Waals surface area contributed by atoms with Gasteiger partial charge in [0.15, 0.2) is 0 Å². The number of H-pyrrole nitrogens is 1. The number of likely N-dealkylation sites (tertiary alicyclic amines) is 1. The molecule has 3 N–H and O–H groups in total. The van der Waals surface area contributed by atoms with Gasteiger partial charge in [-0.05, 0) is 68.0 Å². The molecule has 6 heteroatoms. The minimum Gasteiger partial charge on any atom is -0.491 e. The van der Waals surface area contributed by atoms with Gasteiger partial charge in [0, 0.05) is 23.7 Å². The standard InChI is InChI=1S/C24H28N4O2/c1-16-2-3-17(12-21(16)30-11-10-29)15-28-22-6-7-23(8-9-24(22,23)28)26-19-4-5-20-18(13-19)14-25-27-20/h2-5,12-14,22,26,29H,6-11,15H2,1H3,(H,25,27). The number of fused-ring (bicyclic) bond motifs is 1. The second-order valence-electron chi connectivity index (χ2n) is 9.16. The lowest BCUT2D eigenvalue weighted by Crippen LogP contribution is -2.60. The Bertz CT molecular complexity index is 1110. The van der Waals surface area contributed by atoms with Gasteiger partial charge in [0.25, 0.3) is 0 Å². The molecule has 1 aromatic heterocycles. The Balaban J connectivity index is 1.21. The number of rotatable bonds is 7. The van der Waals surface area contributed by atoms with Gasteiger partial charge in [-0.25, -0.2) is 0 Å². The molecule has 1 saturated heterocycles. The molecular formula is C24H28N4O2. The molecule has 2 heterocycles. The van der Waals surface area contributed by atoms with E-state index in [0.717, 1.165) is 28.8 Å². The third-order valence-corrected chi connectivity index (χ3v) is 7.76. The second kappa shape index (κ2) is 6.46. The molecule has 6 nitrogen and oxygen atoms in total.